The largest absolute Gasteiger partial charge is 0.383 e. The molecule has 1 N–H and O–H groups in total. The lowest BCUT2D eigenvalue weighted by atomic mass is 10.00. The molecule has 1 atom stereocenters. The second-order valence-electron chi connectivity index (χ2n) is 7.13. The van der Waals surface area contributed by atoms with E-state index in [0.717, 1.165) is 18.4 Å². The summed E-state index contributed by atoms with van der Waals surface area (Å²) < 4.78 is 27.1. The maximum absolute atomic E-state index is 13.6. The van der Waals surface area contributed by atoms with E-state index < -0.39 is 20.9 Å². The summed E-state index contributed by atoms with van der Waals surface area (Å²) in [6.07, 6.45) is 2.65. The number of benzene rings is 2. The molecule has 0 aliphatic carbocycles. The molecule has 0 spiro atoms. The Kier molecular flexibility index (Phi) is 8.08. The third-order valence-electron chi connectivity index (χ3n) is 4.86. The number of nitrogens with zero attached hydrogens (tertiary/aromatic N) is 1. The molecule has 0 radical (unpaired) electrons. The number of rotatable bonds is 10. The average Bonchev–Trinajstić information content (AvgIpc) is 2.72. The molecule has 0 heterocycles. The molecule has 0 fully saturated rings. The van der Waals surface area contributed by atoms with Gasteiger partial charge >= 0.3 is 0 Å². The molecule has 1 unspecified atom stereocenters. The Morgan fingerprint density at radius 2 is 1.77 bits per heavy atom. The van der Waals surface area contributed by atoms with Crippen LogP contribution in [0.5, 0.6) is 0 Å². The molecule has 0 saturated heterocycles. The fourth-order valence-corrected chi connectivity index (χ4v) is 4.94. The number of hydrogen-bond donors (Lipinski definition) is 1. The molecule has 0 bridgehead atoms. The van der Waals surface area contributed by atoms with E-state index in [1.807, 2.05) is 13.8 Å². The maximum Gasteiger partial charge on any atom is 0.269 e. The van der Waals surface area contributed by atoms with Crippen molar-refractivity contribution < 1.29 is 18.4 Å². The molecule has 0 aliphatic rings. The minimum absolute atomic E-state index is 0.0754. The molecule has 0 aromatic heterocycles. The van der Waals surface area contributed by atoms with Crippen molar-refractivity contribution in [1.29, 1.82) is 0 Å². The van der Waals surface area contributed by atoms with Crippen molar-refractivity contribution in [2.45, 2.75) is 50.5 Å². The molecular formula is C23H27NO5S. The zero-order valence-electron chi connectivity index (χ0n) is 17.2. The highest BCUT2D eigenvalue weighted by molar-refractivity contribution is 7.95. The average molecular weight is 430 g/mol. The summed E-state index contributed by atoms with van der Waals surface area (Å²) in [5.74, 6) is 0. The summed E-state index contributed by atoms with van der Waals surface area (Å²) in [6.45, 7) is 7.61. The van der Waals surface area contributed by atoms with Gasteiger partial charge in [-0.15, -0.1) is 6.58 Å². The lowest BCUT2D eigenvalue weighted by Gasteiger charge is -2.21. The third-order valence-corrected chi connectivity index (χ3v) is 6.84. The smallest absolute Gasteiger partial charge is 0.269 e. The number of nitro benzene ring substituents is 1. The van der Waals surface area contributed by atoms with Crippen molar-refractivity contribution in [3.05, 3.63) is 92.9 Å². The number of aliphatic hydroxyl groups excluding tert-OH is 1. The Bertz CT molecular complexity index is 1020. The highest BCUT2D eigenvalue weighted by Gasteiger charge is 2.31. The fraction of sp³-hybridized carbons (Fsp3) is 0.304. The monoisotopic (exact) mass is 429 g/mol. The van der Waals surface area contributed by atoms with Crippen LogP contribution in [0.3, 0.4) is 0 Å². The molecule has 7 heteroatoms. The van der Waals surface area contributed by atoms with Gasteiger partial charge in [0.25, 0.3) is 5.69 Å². The first-order chi connectivity index (χ1) is 14.2. The number of non-ortho nitro benzene ring substituents is 1. The van der Waals surface area contributed by atoms with Gasteiger partial charge in [0.2, 0.25) is 9.84 Å². The molecule has 2 aromatic carbocycles. The van der Waals surface area contributed by atoms with Crippen LogP contribution in [0, 0.1) is 17.0 Å². The highest BCUT2D eigenvalue weighted by Crippen LogP contribution is 2.36. The number of aryl methyl sites for hydroxylation is 1. The minimum Gasteiger partial charge on any atom is -0.383 e. The van der Waals surface area contributed by atoms with Gasteiger partial charge in [0, 0.05) is 12.1 Å². The number of allylic oxidation sites excluding steroid dienone is 2. The van der Waals surface area contributed by atoms with Crippen molar-refractivity contribution in [3.8, 4) is 0 Å². The van der Waals surface area contributed by atoms with Crippen molar-refractivity contribution in [2.75, 3.05) is 0 Å². The van der Waals surface area contributed by atoms with Crippen LogP contribution in [0.2, 0.25) is 0 Å². The van der Waals surface area contributed by atoms with E-state index >= 15 is 0 Å². The van der Waals surface area contributed by atoms with Gasteiger partial charge in [0.05, 0.1) is 14.7 Å². The first-order valence-corrected chi connectivity index (χ1v) is 11.3. The van der Waals surface area contributed by atoms with Crippen LogP contribution in [0.1, 0.15) is 49.8 Å². The van der Waals surface area contributed by atoms with Crippen molar-refractivity contribution in [1.82, 2.24) is 0 Å². The summed E-state index contributed by atoms with van der Waals surface area (Å²) in [5.41, 5.74) is 1.67. The third kappa shape index (κ3) is 5.43. The predicted octanol–water partition coefficient (Wildman–Crippen LogP) is 5.43. The van der Waals surface area contributed by atoms with Crippen LogP contribution in [0.25, 0.3) is 0 Å². The molecule has 6 nitrogen and oxygen atoms in total. The van der Waals surface area contributed by atoms with E-state index in [-0.39, 0.29) is 21.1 Å². The highest BCUT2D eigenvalue weighted by atomic mass is 32.2. The van der Waals surface area contributed by atoms with Crippen LogP contribution < -0.4 is 0 Å². The lowest BCUT2D eigenvalue weighted by molar-refractivity contribution is -0.384. The molecule has 2 rings (SSSR count). The van der Waals surface area contributed by atoms with Gasteiger partial charge in [0.15, 0.2) is 0 Å². The summed E-state index contributed by atoms with van der Waals surface area (Å²) in [7, 11) is -4.00. The molecule has 30 heavy (non-hydrogen) atoms. The van der Waals surface area contributed by atoms with Gasteiger partial charge in [-0.1, -0.05) is 37.1 Å². The van der Waals surface area contributed by atoms with E-state index in [9.17, 15) is 23.6 Å². The van der Waals surface area contributed by atoms with Crippen molar-refractivity contribution >= 4 is 15.5 Å². The second kappa shape index (κ2) is 10.3. The Hall–Kier alpha value is -2.77. The van der Waals surface area contributed by atoms with Gasteiger partial charge in [0.1, 0.15) is 6.10 Å². The van der Waals surface area contributed by atoms with Crippen molar-refractivity contribution in [3.63, 3.8) is 0 Å². The summed E-state index contributed by atoms with van der Waals surface area (Å²) >= 11 is 0. The zero-order chi connectivity index (χ0) is 22.3. The number of unbranched alkanes of at least 4 members (excludes halogenated alkanes) is 1. The van der Waals surface area contributed by atoms with E-state index in [2.05, 4.69) is 6.58 Å². The summed E-state index contributed by atoms with van der Waals surface area (Å²) in [4.78, 5) is 10.4. The molecule has 0 aliphatic heterocycles. The quantitative estimate of drug-likeness (QED) is 0.308. The Balaban J connectivity index is 2.66. The molecule has 2 aromatic rings. The topological polar surface area (TPSA) is 97.5 Å². The molecule has 0 amide bonds. The number of hydrogen-bond acceptors (Lipinski definition) is 5. The number of nitro groups is 1. The standard InChI is InChI=1S/C23H27NO5S/c1-4-6-8-19(7-5-2)23(30(28,29)21-15-9-17(3)10-16-21)22(25)18-11-13-20(14-12-18)24(26)27/h5,9-16,22,25H,2,4,6-8H2,1,3H3/b23-19-. The molecule has 0 saturated carbocycles. The first kappa shape index (κ1) is 23.5. The SMILES string of the molecule is C=CC/C(CCCC)=C(\C(O)c1ccc([N+](=O)[O-])cc1)S(=O)(=O)c1ccc(C)cc1. The normalized spacial score (nSPS) is 13.4. The van der Waals surface area contributed by atoms with Crippen LogP contribution >= 0.6 is 0 Å². The minimum atomic E-state index is -4.00. The second-order valence-corrected chi connectivity index (χ2v) is 9.05. The molecular weight excluding hydrogens is 402 g/mol. The first-order valence-electron chi connectivity index (χ1n) is 9.79. The van der Waals surface area contributed by atoms with Crippen molar-refractivity contribution in [2.24, 2.45) is 0 Å². The zero-order valence-corrected chi connectivity index (χ0v) is 18.1. The summed E-state index contributed by atoms with van der Waals surface area (Å²) in [6, 6.07) is 11.8. The number of sulfone groups is 1. The van der Waals surface area contributed by atoms with Gasteiger partial charge < -0.3 is 5.11 Å². The number of aliphatic hydroxyl groups is 1. The Morgan fingerprint density at radius 1 is 1.17 bits per heavy atom. The fourth-order valence-electron chi connectivity index (χ4n) is 3.19. The van der Waals surface area contributed by atoms with Crippen LogP contribution in [0.4, 0.5) is 5.69 Å². The van der Waals surface area contributed by atoms with Crippen LogP contribution in [-0.2, 0) is 9.84 Å². The van der Waals surface area contributed by atoms with Crippen LogP contribution in [0.15, 0.2) is 76.6 Å². The van der Waals surface area contributed by atoms with E-state index in [1.54, 1.807) is 18.2 Å². The summed E-state index contributed by atoms with van der Waals surface area (Å²) in [5, 5.41) is 22.0. The maximum atomic E-state index is 13.6. The predicted molar refractivity (Wildman–Crippen MR) is 118 cm³/mol. The Morgan fingerprint density at radius 3 is 2.27 bits per heavy atom. The van der Waals surface area contributed by atoms with E-state index in [0.29, 0.717) is 18.4 Å². The molecule has 160 valence electrons. The van der Waals surface area contributed by atoms with Gasteiger partial charge in [-0.3, -0.25) is 10.1 Å². The van der Waals surface area contributed by atoms with E-state index in [1.165, 1.54) is 36.4 Å². The van der Waals surface area contributed by atoms with E-state index in [4.69, 9.17) is 0 Å². The van der Waals surface area contributed by atoms with Gasteiger partial charge in [-0.2, -0.15) is 0 Å². The van der Waals surface area contributed by atoms with Gasteiger partial charge in [-0.25, -0.2) is 8.42 Å². The lowest BCUT2D eigenvalue weighted by Crippen LogP contribution is -2.16. The van der Waals surface area contributed by atoms with Gasteiger partial charge in [-0.05, 0) is 61.6 Å². The Labute approximate surface area is 177 Å². The van der Waals surface area contributed by atoms with Crippen LogP contribution in [-0.4, -0.2) is 18.4 Å².